The van der Waals surface area contributed by atoms with E-state index in [0.29, 0.717) is 28.0 Å². The Morgan fingerprint density at radius 3 is 2.52 bits per heavy atom. The highest BCUT2D eigenvalue weighted by Gasteiger charge is 2.12. The quantitative estimate of drug-likeness (QED) is 0.665. The minimum Gasteiger partial charge on any atom is -0.495 e. The van der Waals surface area contributed by atoms with Crippen LogP contribution in [0.3, 0.4) is 0 Å². The van der Waals surface area contributed by atoms with Crippen LogP contribution in [0, 0.1) is 13.8 Å². The number of carbonyl (C=O) groups excluding carboxylic acids is 1. The monoisotopic (exact) mass is 382 g/mol. The lowest BCUT2D eigenvalue weighted by Crippen LogP contribution is -2.14. The molecule has 138 valence electrons. The van der Waals surface area contributed by atoms with Crippen LogP contribution in [0.4, 0.5) is 17.3 Å². The van der Waals surface area contributed by atoms with Gasteiger partial charge in [0.15, 0.2) is 0 Å². The fraction of sp³-hybridized carbons (Fsp3) is 0.150. The summed E-state index contributed by atoms with van der Waals surface area (Å²) >= 11 is 5.99. The Morgan fingerprint density at radius 1 is 1.07 bits per heavy atom. The molecule has 1 heterocycles. The number of anilines is 3. The normalized spacial score (nSPS) is 10.4. The van der Waals surface area contributed by atoms with Crippen LogP contribution < -0.4 is 15.4 Å². The zero-order valence-electron chi connectivity index (χ0n) is 15.2. The van der Waals surface area contributed by atoms with Gasteiger partial charge in [-0.3, -0.25) is 4.79 Å². The van der Waals surface area contributed by atoms with E-state index in [0.717, 1.165) is 11.3 Å². The number of aromatic nitrogens is 2. The van der Waals surface area contributed by atoms with Gasteiger partial charge in [0.25, 0.3) is 5.91 Å². The number of amides is 1. The fourth-order valence-corrected chi connectivity index (χ4v) is 2.66. The van der Waals surface area contributed by atoms with Crippen molar-refractivity contribution >= 4 is 34.8 Å². The number of benzene rings is 2. The third-order valence-electron chi connectivity index (χ3n) is 4.17. The number of aryl methyl sites for hydroxylation is 1. The fourth-order valence-electron chi connectivity index (χ4n) is 2.49. The molecule has 0 aliphatic rings. The van der Waals surface area contributed by atoms with Crippen LogP contribution in [0.25, 0.3) is 0 Å². The van der Waals surface area contributed by atoms with Crippen molar-refractivity contribution in [2.75, 3.05) is 17.7 Å². The van der Waals surface area contributed by atoms with Gasteiger partial charge in [-0.25, -0.2) is 9.97 Å². The highest BCUT2D eigenvalue weighted by Crippen LogP contribution is 2.28. The first-order valence-corrected chi connectivity index (χ1v) is 8.66. The number of carbonyl (C=O) groups is 1. The molecule has 0 saturated carbocycles. The summed E-state index contributed by atoms with van der Waals surface area (Å²) in [6.45, 7) is 4.07. The molecule has 2 N–H and O–H groups in total. The molecule has 0 unspecified atom stereocenters. The highest BCUT2D eigenvalue weighted by atomic mass is 35.5. The Bertz CT molecular complexity index is 974. The van der Waals surface area contributed by atoms with Gasteiger partial charge in [0.1, 0.15) is 5.75 Å². The van der Waals surface area contributed by atoms with Crippen molar-refractivity contribution < 1.29 is 9.53 Å². The summed E-state index contributed by atoms with van der Waals surface area (Å²) in [6, 6.07) is 11.0. The van der Waals surface area contributed by atoms with Gasteiger partial charge in [0.2, 0.25) is 5.95 Å². The lowest BCUT2D eigenvalue weighted by atomic mass is 10.1. The predicted octanol–water partition coefficient (Wildman–Crippen LogP) is 4.75. The molecule has 3 rings (SSSR count). The van der Waals surface area contributed by atoms with Gasteiger partial charge in [0, 0.05) is 23.1 Å². The van der Waals surface area contributed by atoms with E-state index in [4.69, 9.17) is 16.3 Å². The Hall–Kier alpha value is -3.12. The molecule has 0 fully saturated rings. The van der Waals surface area contributed by atoms with E-state index in [1.807, 2.05) is 32.0 Å². The van der Waals surface area contributed by atoms with Gasteiger partial charge in [-0.15, -0.1) is 0 Å². The van der Waals surface area contributed by atoms with Crippen LogP contribution in [0.15, 0.2) is 48.8 Å². The van der Waals surface area contributed by atoms with Crippen LogP contribution in [0.5, 0.6) is 5.75 Å². The van der Waals surface area contributed by atoms with E-state index in [9.17, 15) is 4.79 Å². The second-order valence-electron chi connectivity index (χ2n) is 5.97. The maximum atomic E-state index is 12.5. The summed E-state index contributed by atoms with van der Waals surface area (Å²) in [5, 5.41) is 6.41. The summed E-state index contributed by atoms with van der Waals surface area (Å²) in [7, 11) is 1.52. The maximum Gasteiger partial charge on any atom is 0.258 e. The van der Waals surface area contributed by atoms with E-state index in [1.165, 1.54) is 25.1 Å². The largest absolute Gasteiger partial charge is 0.495 e. The second kappa shape index (κ2) is 8.05. The molecule has 0 radical (unpaired) electrons. The average Bonchev–Trinajstić information content (AvgIpc) is 2.66. The molecule has 0 saturated heterocycles. The zero-order chi connectivity index (χ0) is 19.4. The lowest BCUT2D eigenvalue weighted by molar-refractivity contribution is 0.102. The topological polar surface area (TPSA) is 76.1 Å². The van der Waals surface area contributed by atoms with Gasteiger partial charge in [-0.05, 0) is 49.2 Å². The highest BCUT2D eigenvalue weighted by molar-refractivity contribution is 6.31. The number of ether oxygens (including phenoxy) is 1. The van der Waals surface area contributed by atoms with E-state index in [1.54, 1.807) is 18.2 Å². The first kappa shape index (κ1) is 18.7. The van der Waals surface area contributed by atoms with Gasteiger partial charge in [0.05, 0.1) is 18.4 Å². The summed E-state index contributed by atoms with van der Waals surface area (Å²) in [5.74, 6) is 0.580. The molecular weight excluding hydrogens is 364 g/mol. The molecule has 27 heavy (non-hydrogen) atoms. The van der Waals surface area contributed by atoms with E-state index >= 15 is 0 Å². The van der Waals surface area contributed by atoms with Crippen molar-refractivity contribution in [2.24, 2.45) is 0 Å². The van der Waals surface area contributed by atoms with Crippen LogP contribution >= 0.6 is 11.6 Å². The van der Waals surface area contributed by atoms with Crippen molar-refractivity contribution in [2.45, 2.75) is 13.8 Å². The van der Waals surface area contributed by atoms with E-state index in [-0.39, 0.29) is 5.91 Å². The van der Waals surface area contributed by atoms with Crippen molar-refractivity contribution in [3.63, 3.8) is 0 Å². The molecule has 6 nitrogen and oxygen atoms in total. The molecule has 0 bridgehead atoms. The third-order valence-corrected chi connectivity index (χ3v) is 4.41. The molecule has 1 aromatic heterocycles. The third kappa shape index (κ3) is 4.35. The van der Waals surface area contributed by atoms with Crippen LogP contribution in [0.1, 0.15) is 21.5 Å². The van der Waals surface area contributed by atoms with Gasteiger partial charge < -0.3 is 15.4 Å². The van der Waals surface area contributed by atoms with Crippen LogP contribution in [0.2, 0.25) is 5.02 Å². The Morgan fingerprint density at radius 2 is 1.81 bits per heavy atom. The van der Waals surface area contributed by atoms with Crippen LogP contribution in [-0.2, 0) is 0 Å². The van der Waals surface area contributed by atoms with Crippen molar-refractivity contribution in [1.82, 2.24) is 9.97 Å². The molecule has 7 heteroatoms. The number of methoxy groups -OCH3 is 1. The van der Waals surface area contributed by atoms with Gasteiger partial charge in [-0.2, -0.15) is 0 Å². The van der Waals surface area contributed by atoms with E-state index < -0.39 is 0 Å². The smallest absolute Gasteiger partial charge is 0.258 e. The SMILES string of the molecule is COc1ccc(Cl)cc1NC(=O)c1cnc(Nc2cccc(C)c2C)nc1. The first-order chi connectivity index (χ1) is 13.0. The molecule has 0 spiro atoms. The first-order valence-electron chi connectivity index (χ1n) is 8.28. The molecule has 0 aliphatic heterocycles. The lowest BCUT2D eigenvalue weighted by Gasteiger charge is -2.11. The van der Waals surface area contributed by atoms with Gasteiger partial charge >= 0.3 is 0 Å². The summed E-state index contributed by atoms with van der Waals surface area (Å²) in [4.78, 5) is 20.9. The summed E-state index contributed by atoms with van der Waals surface area (Å²) in [6.07, 6.45) is 2.93. The summed E-state index contributed by atoms with van der Waals surface area (Å²) in [5.41, 5.74) is 4.02. The van der Waals surface area contributed by atoms with Gasteiger partial charge in [-0.1, -0.05) is 23.7 Å². The minimum absolute atomic E-state index is 0.323. The summed E-state index contributed by atoms with van der Waals surface area (Å²) < 4.78 is 5.23. The number of rotatable bonds is 5. The minimum atomic E-state index is -0.353. The molecule has 1 amide bonds. The zero-order valence-corrected chi connectivity index (χ0v) is 16.0. The number of hydrogen-bond acceptors (Lipinski definition) is 5. The Labute approximate surface area is 162 Å². The van der Waals surface area contributed by atoms with Crippen molar-refractivity contribution in [1.29, 1.82) is 0 Å². The van der Waals surface area contributed by atoms with Crippen LogP contribution in [-0.4, -0.2) is 23.0 Å². The molecule has 0 atom stereocenters. The van der Waals surface area contributed by atoms with Crippen molar-refractivity contribution in [3.05, 3.63) is 70.5 Å². The predicted molar refractivity (Wildman–Crippen MR) is 107 cm³/mol. The van der Waals surface area contributed by atoms with Crippen molar-refractivity contribution in [3.8, 4) is 5.75 Å². The number of halogens is 1. The number of nitrogens with zero attached hydrogens (tertiary/aromatic N) is 2. The number of nitrogens with one attached hydrogen (secondary N) is 2. The molecule has 0 aliphatic carbocycles. The standard InChI is InChI=1S/C20H19ClN4O2/c1-12-5-4-6-16(13(12)2)25-20-22-10-14(11-23-20)19(26)24-17-9-15(21)7-8-18(17)27-3/h4-11H,1-3H3,(H,24,26)(H,22,23,25). The maximum absolute atomic E-state index is 12.5. The van der Waals surface area contributed by atoms with E-state index in [2.05, 4.69) is 20.6 Å². The average molecular weight is 383 g/mol. The Kier molecular flexibility index (Phi) is 5.57. The Balaban J connectivity index is 1.74. The molecule has 3 aromatic rings. The number of hydrogen-bond donors (Lipinski definition) is 2. The molecule has 2 aromatic carbocycles. The second-order valence-corrected chi connectivity index (χ2v) is 6.40. The molecular formula is C20H19ClN4O2.